The summed E-state index contributed by atoms with van der Waals surface area (Å²) in [7, 11) is 0. The Labute approximate surface area is 221 Å². The maximum Gasteiger partial charge on any atom is 0.257 e. The molecule has 0 fully saturated rings. The SMILES string of the molecule is CCC(C)c1ccc2oc(-c3ccc(Cl)c(NC(=S)NC(=O)c4cccc(OC(C)C)c4)c3)nc2c1. The average Bonchev–Trinajstić information content (AvgIpc) is 3.28. The Balaban J connectivity index is 1.50. The van der Waals surface area contributed by atoms with Crippen LogP contribution in [0.25, 0.3) is 22.6 Å². The predicted molar refractivity (Wildman–Crippen MR) is 149 cm³/mol. The molecular formula is C28H28ClN3O3S. The van der Waals surface area contributed by atoms with Crippen LogP contribution in [0.3, 0.4) is 0 Å². The number of anilines is 1. The van der Waals surface area contributed by atoms with Gasteiger partial charge in [0.2, 0.25) is 5.89 Å². The molecule has 1 heterocycles. The standard InChI is InChI=1S/C28H28ClN3O3S/c1-5-17(4)18-10-12-25-24(14-18)30-27(35-25)20-9-11-22(29)23(15-20)31-28(36)32-26(33)19-7-6-8-21(13-19)34-16(2)3/h6-17H,5H2,1-4H3,(H2,31,32,33,36). The van der Waals surface area contributed by atoms with Crippen molar-refractivity contribution in [2.75, 3.05) is 5.32 Å². The summed E-state index contributed by atoms with van der Waals surface area (Å²) in [6.45, 7) is 8.21. The summed E-state index contributed by atoms with van der Waals surface area (Å²) in [6.07, 6.45) is 1.06. The molecule has 0 spiro atoms. The molecule has 4 rings (SSSR count). The lowest BCUT2D eigenvalue weighted by molar-refractivity contribution is 0.0977. The molecule has 0 bridgehead atoms. The van der Waals surface area contributed by atoms with E-state index in [-0.39, 0.29) is 17.1 Å². The highest BCUT2D eigenvalue weighted by molar-refractivity contribution is 7.80. The molecule has 0 saturated heterocycles. The Hall–Kier alpha value is -3.42. The van der Waals surface area contributed by atoms with Crippen LogP contribution in [0.1, 0.15) is 56.0 Å². The van der Waals surface area contributed by atoms with Gasteiger partial charge in [-0.3, -0.25) is 10.1 Å². The molecule has 0 aliphatic carbocycles. The number of thiocarbonyl (C=S) groups is 1. The number of oxazole rings is 1. The fourth-order valence-electron chi connectivity index (χ4n) is 3.68. The van der Waals surface area contributed by atoms with E-state index in [9.17, 15) is 4.79 Å². The van der Waals surface area contributed by atoms with Crippen molar-refractivity contribution in [3.05, 3.63) is 76.8 Å². The molecule has 4 aromatic rings. The van der Waals surface area contributed by atoms with E-state index in [4.69, 9.17) is 33.0 Å². The number of fused-ring (bicyclic) bond motifs is 1. The fraction of sp³-hybridized carbons (Fsp3) is 0.250. The zero-order valence-electron chi connectivity index (χ0n) is 20.6. The minimum absolute atomic E-state index is 0.00340. The minimum Gasteiger partial charge on any atom is -0.491 e. The zero-order chi connectivity index (χ0) is 25.8. The molecule has 186 valence electrons. The van der Waals surface area contributed by atoms with E-state index in [0.717, 1.165) is 17.5 Å². The van der Waals surface area contributed by atoms with E-state index in [2.05, 4.69) is 41.6 Å². The molecule has 1 atom stereocenters. The van der Waals surface area contributed by atoms with Crippen molar-refractivity contribution < 1.29 is 13.9 Å². The maximum absolute atomic E-state index is 12.7. The Morgan fingerprint density at radius 3 is 2.67 bits per heavy atom. The third-order valence-corrected chi connectivity index (χ3v) is 6.28. The van der Waals surface area contributed by atoms with Gasteiger partial charge in [-0.1, -0.05) is 37.6 Å². The highest BCUT2D eigenvalue weighted by atomic mass is 35.5. The number of hydrogen-bond donors (Lipinski definition) is 2. The van der Waals surface area contributed by atoms with Gasteiger partial charge in [0.1, 0.15) is 11.3 Å². The average molecular weight is 522 g/mol. The van der Waals surface area contributed by atoms with E-state index in [1.54, 1.807) is 36.4 Å². The molecule has 1 unspecified atom stereocenters. The van der Waals surface area contributed by atoms with Crippen molar-refractivity contribution in [1.29, 1.82) is 0 Å². The molecule has 0 aliphatic heterocycles. The van der Waals surface area contributed by atoms with Gasteiger partial charge >= 0.3 is 0 Å². The summed E-state index contributed by atoms with van der Waals surface area (Å²) in [6, 6.07) is 18.4. The Bertz CT molecular complexity index is 1420. The van der Waals surface area contributed by atoms with Crippen LogP contribution in [0.4, 0.5) is 5.69 Å². The van der Waals surface area contributed by atoms with Crippen molar-refractivity contribution in [3.8, 4) is 17.2 Å². The molecule has 36 heavy (non-hydrogen) atoms. The molecule has 0 aliphatic rings. The molecule has 6 nitrogen and oxygen atoms in total. The van der Waals surface area contributed by atoms with Crippen molar-refractivity contribution >= 4 is 51.6 Å². The number of carbonyl (C=O) groups is 1. The van der Waals surface area contributed by atoms with Crippen molar-refractivity contribution in [1.82, 2.24) is 10.3 Å². The first-order valence-corrected chi connectivity index (χ1v) is 12.6. The van der Waals surface area contributed by atoms with Crippen LogP contribution in [0.2, 0.25) is 5.02 Å². The molecule has 8 heteroatoms. The molecule has 1 amide bonds. The number of benzene rings is 3. The maximum atomic E-state index is 12.7. The largest absolute Gasteiger partial charge is 0.491 e. The van der Waals surface area contributed by atoms with Gasteiger partial charge in [-0.15, -0.1) is 0 Å². The highest BCUT2D eigenvalue weighted by Crippen LogP contribution is 2.32. The molecule has 3 aromatic carbocycles. The summed E-state index contributed by atoms with van der Waals surface area (Å²) < 4.78 is 11.6. The first-order chi connectivity index (χ1) is 17.2. The number of aromatic nitrogens is 1. The minimum atomic E-state index is -0.356. The summed E-state index contributed by atoms with van der Waals surface area (Å²) in [5.74, 6) is 1.18. The second-order valence-electron chi connectivity index (χ2n) is 8.85. The van der Waals surface area contributed by atoms with Crippen LogP contribution in [0.15, 0.2) is 65.1 Å². The van der Waals surface area contributed by atoms with E-state index in [1.165, 1.54) is 5.56 Å². The smallest absolute Gasteiger partial charge is 0.257 e. The lowest BCUT2D eigenvalue weighted by atomic mass is 9.98. The Morgan fingerprint density at radius 1 is 1.11 bits per heavy atom. The number of halogens is 1. The number of rotatable bonds is 7. The first kappa shape index (κ1) is 25.7. The number of nitrogens with zero attached hydrogens (tertiary/aromatic N) is 1. The van der Waals surface area contributed by atoms with Gasteiger partial charge < -0.3 is 14.5 Å². The van der Waals surface area contributed by atoms with Crippen molar-refractivity contribution in [2.24, 2.45) is 0 Å². The third-order valence-electron chi connectivity index (χ3n) is 5.75. The van der Waals surface area contributed by atoms with Gasteiger partial charge in [0.15, 0.2) is 10.7 Å². The van der Waals surface area contributed by atoms with Gasteiger partial charge in [0, 0.05) is 11.1 Å². The lowest BCUT2D eigenvalue weighted by Crippen LogP contribution is -2.34. The van der Waals surface area contributed by atoms with E-state index < -0.39 is 0 Å². The van der Waals surface area contributed by atoms with E-state index >= 15 is 0 Å². The summed E-state index contributed by atoms with van der Waals surface area (Å²) in [5, 5.41) is 6.24. The first-order valence-electron chi connectivity index (χ1n) is 11.8. The normalized spacial score (nSPS) is 11.9. The van der Waals surface area contributed by atoms with Gasteiger partial charge in [-0.05, 0) is 92.5 Å². The second kappa shape index (κ2) is 11.1. The lowest BCUT2D eigenvalue weighted by Gasteiger charge is -2.13. The monoisotopic (exact) mass is 521 g/mol. The van der Waals surface area contributed by atoms with Crippen molar-refractivity contribution in [2.45, 2.75) is 46.1 Å². The number of nitrogens with one attached hydrogen (secondary N) is 2. The molecule has 0 radical (unpaired) electrons. The topological polar surface area (TPSA) is 76.4 Å². The van der Waals surface area contributed by atoms with Crippen LogP contribution in [-0.2, 0) is 0 Å². The number of amides is 1. The van der Waals surface area contributed by atoms with Crippen molar-refractivity contribution in [3.63, 3.8) is 0 Å². The van der Waals surface area contributed by atoms with Crippen LogP contribution >= 0.6 is 23.8 Å². The Morgan fingerprint density at radius 2 is 1.92 bits per heavy atom. The summed E-state index contributed by atoms with van der Waals surface area (Å²) in [5.41, 5.74) is 4.44. The number of carbonyl (C=O) groups excluding carboxylic acids is 1. The van der Waals surface area contributed by atoms with Crippen LogP contribution in [0, 0.1) is 0 Å². The molecular weight excluding hydrogens is 494 g/mol. The van der Waals surface area contributed by atoms with Crippen LogP contribution in [-0.4, -0.2) is 22.1 Å². The van der Waals surface area contributed by atoms with Gasteiger partial charge in [-0.2, -0.15) is 0 Å². The number of hydrogen-bond acceptors (Lipinski definition) is 5. The molecule has 2 N–H and O–H groups in total. The van der Waals surface area contributed by atoms with Gasteiger partial charge in [0.25, 0.3) is 5.91 Å². The van der Waals surface area contributed by atoms with Crippen LogP contribution in [0.5, 0.6) is 5.75 Å². The molecule has 0 saturated carbocycles. The third kappa shape index (κ3) is 6.04. The highest BCUT2D eigenvalue weighted by Gasteiger charge is 2.15. The Kier molecular flexibility index (Phi) is 7.91. The zero-order valence-corrected chi connectivity index (χ0v) is 22.2. The van der Waals surface area contributed by atoms with Crippen LogP contribution < -0.4 is 15.4 Å². The van der Waals surface area contributed by atoms with E-state index in [1.807, 2.05) is 26.0 Å². The molecule has 1 aromatic heterocycles. The number of ether oxygens (including phenoxy) is 1. The van der Waals surface area contributed by atoms with Gasteiger partial charge in [0.05, 0.1) is 16.8 Å². The van der Waals surface area contributed by atoms with Gasteiger partial charge in [-0.25, -0.2) is 4.98 Å². The fourth-order valence-corrected chi connectivity index (χ4v) is 4.04. The summed E-state index contributed by atoms with van der Waals surface area (Å²) in [4.78, 5) is 17.4. The summed E-state index contributed by atoms with van der Waals surface area (Å²) >= 11 is 11.8. The second-order valence-corrected chi connectivity index (χ2v) is 9.67. The quantitative estimate of drug-likeness (QED) is 0.244. The van der Waals surface area contributed by atoms with E-state index in [0.29, 0.717) is 39.4 Å². The predicted octanol–water partition coefficient (Wildman–Crippen LogP) is 7.58.